The molecule has 1 aliphatic rings. The van der Waals surface area contributed by atoms with Crippen LogP contribution in [0.1, 0.15) is 29.4 Å². The maximum Gasteiger partial charge on any atom is 0.290 e. The number of ether oxygens (including phenoxy) is 1. The van der Waals surface area contributed by atoms with Gasteiger partial charge in [0.2, 0.25) is 0 Å². The molecule has 1 aromatic carbocycles. The Bertz CT molecular complexity index is 923. The van der Waals surface area contributed by atoms with E-state index in [1.165, 1.54) is 30.5 Å². The molecular weight excluding hydrogens is 386 g/mol. The minimum absolute atomic E-state index is 0.187. The standard InChI is InChI=1S/C18H18F2N4O2.CH2O2/c1-18(6-8-26-10-15(21)24-18)12-9-11(4-5-13(12)19)23-17(25)16-14(20)3-2-7-22-16;2-1-3/h2-5,7,9H,6,8,10H2,1H3,(H2,21,24)(H,23,25);1H,(H,2,3)/t18-;/m0./s1. The van der Waals surface area contributed by atoms with Crippen LogP contribution in [0.2, 0.25) is 0 Å². The van der Waals surface area contributed by atoms with Crippen molar-refractivity contribution in [2.24, 2.45) is 10.7 Å². The summed E-state index contributed by atoms with van der Waals surface area (Å²) in [6.45, 7) is 2.05. The van der Waals surface area contributed by atoms with Crippen LogP contribution in [0.4, 0.5) is 14.5 Å². The molecule has 0 aliphatic carbocycles. The number of hydrogen-bond donors (Lipinski definition) is 3. The van der Waals surface area contributed by atoms with Crippen molar-refractivity contribution in [2.45, 2.75) is 18.9 Å². The lowest BCUT2D eigenvalue weighted by atomic mass is 9.88. The number of aliphatic imine (C=N–C) groups is 1. The summed E-state index contributed by atoms with van der Waals surface area (Å²) in [4.78, 5) is 28.7. The zero-order chi connectivity index (χ0) is 21.4. The van der Waals surface area contributed by atoms with Crippen LogP contribution in [0.15, 0.2) is 41.5 Å². The van der Waals surface area contributed by atoms with Crippen molar-refractivity contribution < 1.29 is 28.2 Å². The second kappa shape index (κ2) is 9.69. The number of nitrogens with one attached hydrogen (secondary N) is 1. The number of anilines is 1. The predicted molar refractivity (Wildman–Crippen MR) is 102 cm³/mol. The molecule has 0 radical (unpaired) electrons. The molecule has 1 aromatic heterocycles. The molecule has 1 aliphatic heterocycles. The van der Waals surface area contributed by atoms with Crippen LogP contribution >= 0.6 is 0 Å². The van der Waals surface area contributed by atoms with Gasteiger partial charge in [-0.25, -0.2) is 13.8 Å². The highest BCUT2D eigenvalue weighted by Crippen LogP contribution is 2.34. The molecule has 1 atom stereocenters. The van der Waals surface area contributed by atoms with Gasteiger partial charge >= 0.3 is 0 Å². The monoisotopic (exact) mass is 406 g/mol. The van der Waals surface area contributed by atoms with Gasteiger partial charge in [-0.15, -0.1) is 0 Å². The minimum atomic E-state index is -0.929. The van der Waals surface area contributed by atoms with Crippen molar-refractivity contribution in [2.75, 3.05) is 18.5 Å². The number of nitrogens with two attached hydrogens (primary N) is 1. The predicted octanol–water partition coefficient (Wildman–Crippen LogP) is 2.31. The Morgan fingerprint density at radius 2 is 2.07 bits per heavy atom. The Hall–Kier alpha value is -3.40. The van der Waals surface area contributed by atoms with Crippen molar-refractivity contribution >= 4 is 23.9 Å². The van der Waals surface area contributed by atoms with Crippen molar-refractivity contribution in [3.8, 4) is 0 Å². The molecule has 29 heavy (non-hydrogen) atoms. The second-order valence-electron chi connectivity index (χ2n) is 6.27. The van der Waals surface area contributed by atoms with Gasteiger partial charge in [-0.1, -0.05) is 0 Å². The highest BCUT2D eigenvalue weighted by Gasteiger charge is 2.31. The average molecular weight is 406 g/mol. The molecule has 0 saturated carbocycles. The van der Waals surface area contributed by atoms with Gasteiger partial charge in [-0.05, 0) is 43.7 Å². The Morgan fingerprint density at radius 3 is 2.76 bits per heavy atom. The van der Waals surface area contributed by atoms with E-state index in [1.807, 2.05) is 0 Å². The summed E-state index contributed by atoms with van der Waals surface area (Å²) in [5.74, 6) is -1.67. The molecule has 2 heterocycles. The number of amides is 1. The fourth-order valence-corrected chi connectivity index (χ4v) is 2.81. The van der Waals surface area contributed by atoms with Gasteiger partial charge in [-0.3, -0.25) is 14.6 Å². The van der Waals surface area contributed by atoms with Gasteiger partial charge in [0, 0.05) is 24.1 Å². The third kappa shape index (κ3) is 5.55. The molecular formula is C19H20F2N4O4. The number of nitrogens with zero attached hydrogens (tertiary/aromatic N) is 2. The van der Waals surface area contributed by atoms with E-state index in [1.54, 1.807) is 6.92 Å². The summed E-state index contributed by atoms with van der Waals surface area (Å²) in [6, 6.07) is 6.61. The first-order valence-corrected chi connectivity index (χ1v) is 8.52. The van der Waals surface area contributed by atoms with Crippen LogP contribution < -0.4 is 11.1 Å². The fourth-order valence-electron chi connectivity index (χ4n) is 2.81. The average Bonchev–Trinajstić information content (AvgIpc) is 2.85. The fraction of sp³-hybridized carbons (Fsp3) is 0.263. The number of pyridine rings is 1. The van der Waals surface area contributed by atoms with E-state index in [4.69, 9.17) is 20.4 Å². The number of benzene rings is 1. The van der Waals surface area contributed by atoms with Gasteiger partial charge in [-0.2, -0.15) is 0 Å². The summed E-state index contributed by atoms with van der Waals surface area (Å²) < 4.78 is 33.5. The van der Waals surface area contributed by atoms with Gasteiger partial charge in [0.15, 0.2) is 11.5 Å². The van der Waals surface area contributed by atoms with Crippen LogP contribution in [-0.4, -0.2) is 41.5 Å². The zero-order valence-electron chi connectivity index (χ0n) is 15.6. The Labute approximate surface area is 165 Å². The van der Waals surface area contributed by atoms with Crippen molar-refractivity contribution in [3.05, 3.63) is 59.4 Å². The van der Waals surface area contributed by atoms with Crippen LogP contribution in [0, 0.1) is 11.6 Å². The number of carboxylic acid groups (broad SMARTS) is 1. The van der Waals surface area contributed by atoms with E-state index < -0.39 is 23.1 Å². The summed E-state index contributed by atoms with van der Waals surface area (Å²) >= 11 is 0. The number of carbonyl (C=O) groups excluding carboxylic acids is 1. The largest absolute Gasteiger partial charge is 0.483 e. The van der Waals surface area contributed by atoms with E-state index in [-0.39, 0.29) is 30.2 Å². The number of hydrogen-bond acceptors (Lipinski definition) is 6. The molecule has 3 rings (SSSR count). The van der Waals surface area contributed by atoms with Crippen LogP contribution in [0.3, 0.4) is 0 Å². The second-order valence-corrected chi connectivity index (χ2v) is 6.27. The molecule has 0 spiro atoms. The third-order valence-corrected chi connectivity index (χ3v) is 4.15. The van der Waals surface area contributed by atoms with E-state index >= 15 is 0 Å². The lowest BCUT2D eigenvalue weighted by Crippen LogP contribution is -2.26. The summed E-state index contributed by atoms with van der Waals surface area (Å²) in [6.07, 6.45) is 1.75. The van der Waals surface area contributed by atoms with Crippen molar-refractivity contribution in [1.29, 1.82) is 0 Å². The van der Waals surface area contributed by atoms with E-state index in [9.17, 15) is 13.6 Å². The maximum absolute atomic E-state index is 14.4. The van der Waals surface area contributed by atoms with Crippen molar-refractivity contribution in [1.82, 2.24) is 4.98 Å². The number of halogens is 2. The van der Waals surface area contributed by atoms with Crippen LogP contribution in [0.5, 0.6) is 0 Å². The van der Waals surface area contributed by atoms with E-state index in [0.29, 0.717) is 18.7 Å². The Balaban J connectivity index is 0.000000941. The highest BCUT2D eigenvalue weighted by atomic mass is 19.1. The molecule has 8 nitrogen and oxygen atoms in total. The SMILES string of the molecule is C[C@@]1(c2cc(NC(=O)c3ncccc3F)ccc2F)CCOCC(N)=N1.O=CO. The third-order valence-electron chi connectivity index (χ3n) is 4.15. The molecule has 0 unspecified atom stereocenters. The van der Waals surface area contributed by atoms with E-state index in [0.717, 1.165) is 6.07 Å². The summed E-state index contributed by atoms with van der Waals surface area (Å²) in [5.41, 5.74) is 5.10. The summed E-state index contributed by atoms with van der Waals surface area (Å²) in [5, 5.41) is 9.42. The lowest BCUT2D eigenvalue weighted by Gasteiger charge is -2.25. The number of carbonyl (C=O) groups is 2. The van der Waals surface area contributed by atoms with E-state index in [2.05, 4.69) is 15.3 Å². The minimum Gasteiger partial charge on any atom is -0.483 e. The molecule has 2 aromatic rings. The van der Waals surface area contributed by atoms with Gasteiger partial charge in [0.25, 0.3) is 12.4 Å². The zero-order valence-corrected chi connectivity index (χ0v) is 15.6. The highest BCUT2D eigenvalue weighted by molar-refractivity contribution is 6.03. The molecule has 10 heteroatoms. The molecule has 1 amide bonds. The van der Waals surface area contributed by atoms with Crippen LogP contribution in [-0.2, 0) is 15.1 Å². The first-order valence-electron chi connectivity index (χ1n) is 8.52. The van der Waals surface area contributed by atoms with Gasteiger partial charge < -0.3 is 20.9 Å². The molecule has 0 saturated heterocycles. The van der Waals surface area contributed by atoms with Gasteiger partial charge in [0.05, 0.1) is 5.54 Å². The van der Waals surface area contributed by atoms with Crippen molar-refractivity contribution in [3.63, 3.8) is 0 Å². The topological polar surface area (TPSA) is 127 Å². The molecule has 154 valence electrons. The molecule has 0 fully saturated rings. The number of aromatic nitrogens is 1. The molecule has 0 bridgehead atoms. The normalized spacial score (nSPS) is 18.5. The van der Waals surface area contributed by atoms with Crippen LogP contribution in [0.25, 0.3) is 0 Å². The number of amidine groups is 1. The Kier molecular flexibility index (Phi) is 7.32. The first kappa shape index (κ1) is 21.9. The quantitative estimate of drug-likeness (QED) is 0.672. The summed E-state index contributed by atoms with van der Waals surface area (Å²) in [7, 11) is 0. The lowest BCUT2D eigenvalue weighted by molar-refractivity contribution is -0.122. The maximum atomic E-state index is 14.4. The van der Waals surface area contributed by atoms with Gasteiger partial charge in [0.1, 0.15) is 18.3 Å². The molecule has 4 N–H and O–H groups in total. The Morgan fingerprint density at radius 1 is 1.34 bits per heavy atom. The number of rotatable bonds is 3. The first-order chi connectivity index (χ1) is 13.8. The smallest absolute Gasteiger partial charge is 0.290 e.